The average molecular weight is 342 g/mol. The molecule has 0 radical (unpaired) electrons. The van der Waals surface area contributed by atoms with Gasteiger partial charge in [-0.2, -0.15) is 0 Å². The normalized spacial score (nSPS) is 11.6. The van der Waals surface area contributed by atoms with Crippen LogP contribution < -0.4 is 15.4 Å². The highest BCUT2D eigenvalue weighted by molar-refractivity contribution is 7.70. The lowest BCUT2D eigenvalue weighted by Crippen LogP contribution is -2.14. The summed E-state index contributed by atoms with van der Waals surface area (Å²) in [7, 11) is -0.611. The first-order chi connectivity index (χ1) is 11.5. The molecule has 0 saturated heterocycles. The van der Waals surface area contributed by atoms with Gasteiger partial charge in [-0.15, -0.1) is 0 Å². The van der Waals surface area contributed by atoms with Gasteiger partial charge in [0.1, 0.15) is 12.9 Å². The molecule has 3 aromatic rings. The topological polar surface area (TPSA) is 54.1 Å². The van der Waals surface area contributed by atoms with Gasteiger partial charge in [0, 0.05) is 34.6 Å². The molecule has 0 saturated carbocycles. The summed E-state index contributed by atoms with van der Waals surface area (Å²) in [4.78, 5) is 3.30. The number of para-hydroxylation sites is 1. The number of hydrogen-bond donors (Lipinski definition) is 2. The van der Waals surface area contributed by atoms with Crippen molar-refractivity contribution in [1.29, 1.82) is 0 Å². The molecule has 126 valence electrons. The number of ether oxygens (including phenoxy) is 1. The number of methoxy groups -OCH3 is 1. The van der Waals surface area contributed by atoms with Gasteiger partial charge in [-0.05, 0) is 55.6 Å². The molecule has 0 aliphatic heterocycles. The predicted molar refractivity (Wildman–Crippen MR) is 103 cm³/mol. The second kappa shape index (κ2) is 6.74. The molecule has 24 heavy (non-hydrogen) atoms. The summed E-state index contributed by atoms with van der Waals surface area (Å²) in [6.45, 7) is 4.39. The van der Waals surface area contributed by atoms with E-state index in [9.17, 15) is 4.57 Å². The predicted octanol–water partition coefficient (Wildman–Crippen LogP) is 4.08. The maximum Gasteiger partial charge on any atom is 0.119 e. The van der Waals surface area contributed by atoms with E-state index < -0.39 is 7.14 Å². The van der Waals surface area contributed by atoms with Gasteiger partial charge < -0.3 is 19.6 Å². The van der Waals surface area contributed by atoms with Gasteiger partial charge in [0.05, 0.1) is 7.11 Å². The zero-order valence-corrected chi connectivity index (χ0v) is 15.2. The summed E-state index contributed by atoms with van der Waals surface area (Å²) in [5.41, 5.74) is 3.31. The Morgan fingerprint density at radius 2 is 1.96 bits per heavy atom. The Morgan fingerprint density at radius 3 is 2.71 bits per heavy atom. The third-order valence-corrected chi connectivity index (χ3v) is 5.72. The SMILES string of the molecule is COc1ccc2[nH]cc(CCNc3ccccc3P(C)(C)=O)c2c1. The van der Waals surface area contributed by atoms with Crippen molar-refractivity contribution >= 4 is 29.0 Å². The van der Waals surface area contributed by atoms with Crippen LogP contribution in [0.1, 0.15) is 5.56 Å². The lowest BCUT2D eigenvalue weighted by molar-refractivity contribution is 0.415. The number of rotatable bonds is 6. The summed E-state index contributed by atoms with van der Waals surface area (Å²) >= 11 is 0. The first-order valence-electron chi connectivity index (χ1n) is 8.01. The standard InChI is InChI=1S/C19H23N2O2P/c1-23-15-8-9-17-16(12-15)14(13-21-17)10-11-20-18-6-4-5-7-19(18)24(2,3)22/h4-9,12-13,20-21H,10-11H2,1-3H3. The van der Waals surface area contributed by atoms with Gasteiger partial charge in [0.25, 0.3) is 0 Å². The van der Waals surface area contributed by atoms with E-state index in [1.807, 2.05) is 42.6 Å². The molecular weight excluding hydrogens is 319 g/mol. The number of aromatic amines is 1. The second-order valence-electron chi connectivity index (χ2n) is 6.27. The maximum atomic E-state index is 12.4. The van der Waals surface area contributed by atoms with Crippen LogP contribution in [-0.4, -0.2) is 32.0 Å². The highest BCUT2D eigenvalue weighted by Gasteiger charge is 2.15. The van der Waals surface area contributed by atoms with Crippen molar-refractivity contribution in [2.45, 2.75) is 6.42 Å². The largest absolute Gasteiger partial charge is 0.497 e. The quantitative estimate of drug-likeness (QED) is 0.664. The second-order valence-corrected chi connectivity index (χ2v) is 9.45. The summed E-state index contributed by atoms with van der Waals surface area (Å²) in [5, 5.41) is 5.52. The molecule has 4 nitrogen and oxygen atoms in total. The van der Waals surface area contributed by atoms with E-state index in [0.29, 0.717) is 0 Å². The van der Waals surface area contributed by atoms with E-state index in [4.69, 9.17) is 4.74 Å². The zero-order valence-electron chi connectivity index (χ0n) is 14.3. The van der Waals surface area contributed by atoms with Crippen LogP contribution in [0.2, 0.25) is 0 Å². The van der Waals surface area contributed by atoms with Crippen molar-refractivity contribution in [2.75, 3.05) is 32.3 Å². The van der Waals surface area contributed by atoms with Crippen molar-refractivity contribution in [3.63, 3.8) is 0 Å². The van der Waals surface area contributed by atoms with Crippen LogP contribution >= 0.6 is 7.14 Å². The van der Waals surface area contributed by atoms with Crippen LogP contribution in [0.5, 0.6) is 5.75 Å². The van der Waals surface area contributed by atoms with Crippen LogP contribution in [0, 0.1) is 0 Å². The fraction of sp³-hybridized carbons (Fsp3) is 0.263. The van der Waals surface area contributed by atoms with Gasteiger partial charge in [0.15, 0.2) is 0 Å². The highest BCUT2D eigenvalue weighted by atomic mass is 31.2. The molecule has 5 heteroatoms. The van der Waals surface area contributed by atoms with E-state index in [1.54, 1.807) is 20.4 Å². The van der Waals surface area contributed by atoms with Crippen LogP contribution in [0.15, 0.2) is 48.7 Å². The smallest absolute Gasteiger partial charge is 0.119 e. The van der Waals surface area contributed by atoms with Gasteiger partial charge >= 0.3 is 0 Å². The first kappa shape index (κ1) is 16.7. The van der Waals surface area contributed by atoms with Gasteiger partial charge in [-0.3, -0.25) is 0 Å². The van der Waals surface area contributed by atoms with Crippen LogP contribution in [0.4, 0.5) is 5.69 Å². The lowest BCUT2D eigenvalue weighted by Gasteiger charge is -2.14. The van der Waals surface area contributed by atoms with E-state index in [-0.39, 0.29) is 0 Å². The van der Waals surface area contributed by atoms with Crippen molar-refractivity contribution in [2.24, 2.45) is 0 Å². The molecule has 0 fully saturated rings. The lowest BCUT2D eigenvalue weighted by atomic mass is 10.1. The molecule has 0 aliphatic rings. The number of benzene rings is 2. The number of aromatic nitrogens is 1. The minimum atomic E-state index is -2.29. The molecule has 2 aromatic carbocycles. The number of anilines is 1. The number of hydrogen-bond acceptors (Lipinski definition) is 3. The molecule has 2 N–H and O–H groups in total. The number of nitrogens with one attached hydrogen (secondary N) is 2. The highest BCUT2D eigenvalue weighted by Crippen LogP contribution is 2.37. The Bertz CT molecular complexity index is 895. The van der Waals surface area contributed by atoms with Gasteiger partial charge in [0.2, 0.25) is 0 Å². The summed E-state index contributed by atoms with van der Waals surface area (Å²) in [6.07, 6.45) is 2.92. The first-order valence-corrected chi connectivity index (χ1v) is 10.6. The molecule has 0 spiro atoms. The summed E-state index contributed by atoms with van der Waals surface area (Å²) < 4.78 is 17.7. The molecular formula is C19H23N2O2P. The van der Waals surface area contributed by atoms with Crippen molar-refractivity contribution in [3.05, 3.63) is 54.2 Å². The Kier molecular flexibility index (Phi) is 4.68. The monoisotopic (exact) mass is 342 g/mol. The zero-order chi connectivity index (χ0) is 17.2. The fourth-order valence-corrected chi connectivity index (χ4v) is 4.09. The third-order valence-electron chi connectivity index (χ3n) is 4.17. The molecule has 1 heterocycles. The Morgan fingerprint density at radius 1 is 1.17 bits per heavy atom. The fourth-order valence-electron chi connectivity index (χ4n) is 2.92. The maximum absolute atomic E-state index is 12.4. The average Bonchev–Trinajstić information content (AvgIpc) is 2.96. The van der Waals surface area contributed by atoms with Crippen molar-refractivity contribution in [1.82, 2.24) is 4.98 Å². The van der Waals surface area contributed by atoms with Crippen LogP contribution in [0.25, 0.3) is 10.9 Å². The Hall–Kier alpha value is -2.19. The molecule has 0 atom stereocenters. The van der Waals surface area contributed by atoms with Crippen LogP contribution in [0.3, 0.4) is 0 Å². The molecule has 3 rings (SSSR count). The van der Waals surface area contributed by atoms with Gasteiger partial charge in [-0.1, -0.05) is 12.1 Å². The van der Waals surface area contributed by atoms with E-state index in [2.05, 4.69) is 16.4 Å². The van der Waals surface area contributed by atoms with Gasteiger partial charge in [-0.25, -0.2) is 0 Å². The number of fused-ring (bicyclic) bond motifs is 1. The van der Waals surface area contributed by atoms with Crippen molar-refractivity contribution in [3.8, 4) is 5.75 Å². The van der Waals surface area contributed by atoms with E-state index >= 15 is 0 Å². The summed E-state index contributed by atoms with van der Waals surface area (Å²) in [6, 6.07) is 13.9. The van der Waals surface area contributed by atoms with Crippen LogP contribution in [-0.2, 0) is 11.0 Å². The van der Waals surface area contributed by atoms with E-state index in [1.165, 1.54) is 10.9 Å². The van der Waals surface area contributed by atoms with E-state index in [0.717, 1.165) is 35.2 Å². The number of H-pyrrole nitrogens is 1. The molecule has 1 aromatic heterocycles. The third kappa shape index (κ3) is 3.49. The molecule has 0 amide bonds. The minimum absolute atomic E-state index is 0.779. The van der Waals surface area contributed by atoms with Crippen molar-refractivity contribution < 1.29 is 9.30 Å². The molecule has 0 unspecified atom stereocenters. The molecule has 0 bridgehead atoms. The molecule has 0 aliphatic carbocycles. The Balaban J connectivity index is 1.75. The summed E-state index contributed by atoms with van der Waals surface area (Å²) in [5.74, 6) is 0.861. The minimum Gasteiger partial charge on any atom is -0.497 e. The Labute approximate surface area is 142 Å².